The maximum Gasteiger partial charge on any atom is 0.361 e. The molecule has 90 valence electrons. The minimum atomic E-state index is -3.41. The Morgan fingerprint density at radius 3 is 2.31 bits per heavy atom. The Kier molecular flexibility index (Phi) is 4.47. The number of nitrogen functional groups attached to an aromatic ring is 1. The molecule has 0 aliphatic rings. The molecule has 0 amide bonds. The molecule has 0 unspecified atom stereocenters. The van der Waals surface area contributed by atoms with Crippen LogP contribution in [-0.4, -0.2) is 13.2 Å². The lowest BCUT2D eigenvalue weighted by molar-refractivity contribution is 0.230. The van der Waals surface area contributed by atoms with Gasteiger partial charge in [0.1, 0.15) is 5.82 Å². The van der Waals surface area contributed by atoms with Crippen molar-refractivity contribution in [2.45, 2.75) is 13.8 Å². The van der Waals surface area contributed by atoms with Gasteiger partial charge >= 0.3 is 7.60 Å². The largest absolute Gasteiger partial charge is 0.396 e. The maximum absolute atomic E-state index is 13.2. The lowest BCUT2D eigenvalue weighted by Gasteiger charge is -2.17. The highest BCUT2D eigenvalue weighted by Gasteiger charge is 2.27. The van der Waals surface area contributed by atoms with Crippen molar-refractivity contribution in [2.75, 3.05) is 18.9 Å². The van der Waals surface area contributed by atoms with Gasteiger partial charge < -0.3 is 14.8 Å². The average molecular weight is 247 g/mol. The summed E-state index contributed by atoms with van der Waals surface area (Å²) in [7, 11) is -3.41. The number of hydrogen-bond donors (Lipinski definition) is 1. The SMILES string of the molecule is CCOP(=O)(OCC)c1ccc(N)c(F)c1. The zero-order chi connectivity index (χ0) is 12.2. The molecule has 0 saturated heterocycles. The van der Waals surface area contributed by atoms with E-state index in [1.54, 1.807) is 13.8 Å². The van der Waals surface area contributed by atoms with E-state index >= 15 is 0 Å². The summed E-state index contributed by atoms with van der Waals surface area (Å²) >= 11 is 0. The first kappa shape index (κ1) is 13.2. The van der Waals surface area contributed by atoms with Gasteiger partial charge in [0.2, 0.25) is 0 Å². The van der Waals surface area contributed by atoms with Gasteiger partial charge in [-0.1, -0.05) is 0 Å². The fourth-order valence-electron chi connectivity index (χ4n) is 1.21. The standard InChI is InChI=1S/C10H15FNO3P/c1-3-14-16(13,15-4-2)8-5-6-10(12)9(11)7-8/h5-7H,3-4,12H2,1-2H3. The minimum absolute atomic E-state index is 0.00305. The summed E-state index contributed by atoms with van der Waals surface area (Å²) in [5.74, 6) is -0.628. The van der Waals surface area contributed by atoms with E-state index in [2.05, 4.69) is 0 Å². The molecule has 0 aliphatic heterocycles. The molecule has 0 heterocycles. The predicted molar refractivity (Wildman–Crippen MR) is 61.3 cm³/mol. The maximum atomic E-state index is 13.2. The Morgan fingerprint density at radius 2 is 1.88 bits per heavy atom. The highest BCUT2D eigenvalue weighted by atomic mass is 31.2. The van der Waals surface area contributed by atoms with Crippen LogP contribution >= 0.6 is 7.60 Å². The highest BCUT2D eigenvalue weighted by Crippen LogP contribution is 2.46. The Labute approximate surface area is 94.1 Å². The van der Waals surface area contributed by atoms with Gasteiger partial charge in [-0.15, -0.1) is 0 Å². The third-order valence-corrected chi connectivity index (χ3v) is 4.01. The molecule has 0 aliphatic carbocycles. The monoisotopic (exact) mass is 247 g/mol. The van der Waals surface area contributed by atoms with Crippen LogP contribution in [0.4, 0.5) is 10.1 Å². The molecule has 16 heavy (non-hydrogen) atoms. The van der Waals surface area contributed by atoms with Crippen molar-refractivity contribution < 1.29 is 18.0 Å². The van der Waals surface area contributed by atoms with Gasteiger partial charge in [0.25, 0.3) is 0 Å². The second-order valence-corrected chi connectivity index (χ2v) is 5.07. The van der Waals surface area contributed by atoms with Crippen LogP contribution in [0.1, 0.15) is 13.8 Å². The molecule has 0 atom stereocenters. The van der Waals surface area contributed by atoms with Gasteiger partial charge in [0, 0.05) is 0 Å². The second-order valence-electron chi connectivity index (χ2n) is 3.04. The van der Waals surface area contributed by atoms with Crippen molar-refractivity contribution >= 4 is 18.6 Å². The van der Waals surface area contributed by atoms with Gasteiger partial charge in [-0.25, -0.2) is 4.39 Å². The first-order chi connectivity index (χ1) is 7.53. The van der Waals surface area contributed by atoms with E-state index in [0.717, 1.165) is 6.07 Å². The fraction of sp³-hybridized carbons (Fsp3) is 0.400. The third kappa shape index (κ3) is 2.82. The molecule has 1 aromatic carbocycles. The zero-order valence-corrected chi connectivity index (χ0v) is 10.2. The quantitative estimate of drug-likeness (QED) is 0.640. The van der Waals surface area contributed by atoms with Gasteiger partial charge in [-0.3, -0.25) is 4.57 Å². The van der Waals surface area contributed by atoms with Crippen molar-refractivity contribution in [3.05, 3.63) is 24.0 Å². The van der Waals surface area contributed by atoms with Crippen LogP contribution in [-0.2, 0) is 13.6 Å². The number of halogens is 1. The molecule has 6 heteroatoms. The molecule has 4 nitrogen and oxygen atoms in total. The summed E-state index contributed by atoms with van der Waals surface area (Å²) in [5.41, 5.74) is 5.34. The summed E-state index contributed by atoms with van der Waals surface area (Å²) < 4.78 is 35.6. The topological polar surface area (TPSA) is 61.5 Å². The number of rotatable bonds is 5. The van der Waals surface area contributed by atoms with Crippen LogP contribution in [0.2, 0.25) is 0 Å². The molecular formula is C10H15FNO3P. The van der Waals surface area contributed by atoms with E-state index in [4.69, 9.17) is 14.8 Å². The summed E-state index contributed by atoms with van der Waals surface area (Å²) in [6.45, 7) is 3.84. The molecule has 0 aromatic heterocycles. The number of nitrogens with two attached hydrogens (primary N) is 1. The number of anilines is 1. The predicted octanol–water partition coefficient (Wildman–Crippen LogP) is 2.30. The van der Waals surface area contributed by atoms with Crippen molar-refractivity contribution in [3.8, 4) is 0 Å². The Hall–Kier alpha value is -0.900. The van der Waals surface area contributed by atoms with E-state index in [9.17, 15) is 8.96 Å². The van der Waals surface area contributed by atoms with E-state index < -0.39 is 13.4 Å². The van der Waals surface area contributed by atoms with E-state index in [0.29, 0.717) is 0 Å². The molecule has 1 aromatic rings. The fourth-order valence-corrected chi connectivity index (χ4v) is 2.79. The molecule has 0 bridgehead atoms. The molecule has 0 fully saturated rings. The highest BCUT2D eigenvalue weighted by molar-refractivity contribution is 7.62. The van der Waals surface area contributed by atoms with Crippen LogP contribution < -0.4 is 11.0 Å². The summed E-state index contributed by atoms with van der Waals surface area (Å²) in [6, 6.07) is 3.88. The van der Waals surface area contributed by atoms with Crippen LogP contribution in [0, 0.1) is 5.82 Å². The molecular weight excluding hydrogens is 232 g/mol. The molecule has 1 rings (SSSR count). The van der Waals surface area contributed by atoms with Gasteiger partial charge in [-0.2, -0.15) is 0 Å². The van der Waals surface area contributed by atoms with Crippen LogP contribution in [0.5, 0.6) is 0 Å². The van der Waals surface area contributed by atoms with Gasteiger partial charge in [0.05, 0.1) is 24.2 Å². The molecule has 2 N–H and O–H groups in total. The molecule has 0 saturated carbocycles. The van der Waals surface area contributed by atoms with Crippen molar-refractivity contribution in [2.24, 2.45) is 0 Å². The van der Waals surface area contributed by atoms with Crippen LogP contribution in [0.3, 0.4) is 0 Å². The molecule has 0 radical (unpaired) electrons. The smallest absolute Gasteiger partial charge is 0.361 e. The van der Waals surface area contributed by atoms with E-state index in [1.807, 2.05) is 0 Å². The van der Waals surface area contributed by atoms with Crippen molar-refractivity contribution in [3.63, 3.8) is 0 Å². The van der Waals surface area contributed by atoms with Crippen LogP contribution in [0.15, 0.2) is 18.2 Å². The second kappa shape index (κ2) is 5.43. The Balaban J connectivity index is 3.11. The molecule has 0 spiro atoms. The number of benzene rings is 1. The van der Waals surface area contributed by atoms with E-state index in [1.165, 1.54) is 12.1 Å². The summed E-state index contributed by atoms with van der Waals surface area (Å²) in [4.78, 5) is 0. The van der Waals surface area contributed by atoms with Crippen molar-refractivity contribution in [1.82, 2.24) is 0 Å². The van der Waals surface area contributed by atoms with Gasteiger partial charge in [-0.05, 0) is 32.0 Å². The minimum Gasteiger partial charge on any atom is -0.396 e. The third-order valence-electron chi connectivity index (χ3n) is 1.90. The number of hydrogen-bond acceptors (Lipinski definition) is 4. The summed E-state index contributed by atoms with van der Waals surface area (Å²) in [6.07, 6.45) is 0. The van der Waals surface area contributed by atoms with E-state index in [-0.39, 0.29) is 24.2 Å². The summed E-state index contributed by atoms with van der Waals surface area (Å²) in [5, 5.41) is 0.183. The van der Waals surface area contributed by atoms with Crippen LogP contribution in [0.25, 0.3) is 0 Å². The van der Waals surface area contributed by atoms with Crippen molar-refractivity contribution in [1.29, 1.82) is 0 Å². The Bertz CT molecular complexity index is 401. The van der Waals surface area contributed by atoms with Gasteiger partial charge in [0.15, 0.2) is 0 Å². The lowest BCUT2D eigenvalue weighted by Crippen LogP contribution is -2.12. The lowest BCUT2D eigenvalue weighted by atomic mass is 10.3. The Morgan fingerprint density at radius 1 is 1.31 bits per heavy atom. The first-order valence-corrected chi connectivity index (χ1v) is 6.52. The zero-order valence-electron chi connectivity index (χ0n) is 9.27. The normalized spacial score (nSPS) is 11.7. The average Bonchev–Trinajstić information content (AvgIpc) is 2.22. The first-order valence-electron chi connectivity index (χ1n) is 4.98.